The average Bonchev–Trinajstić information content (AvgIpc) is 2.55. The summed E-state index contributed by atoms with van der Waals surface area (Å²) in [7, 11) is 0. The van der Waals surface area contributed by atoms with E-state index in [4.69, 9.17) is 32.5 Å². The number of nitro groups is 1. The van der Waals surface area contributed by atoms with Crippen molar-refractivity contribution in [3.05, 3.63) is 32.8 Å². The van der Waals surface area contributed by atoms with Crippen LogP contribution in [0.4, 0.5) is 10.5 Å². The number of nitrogens with zero attached hydrogens (tertiary/aromatic N) is 1. The molecule has 0 fully saturated rings. The molecule has 1 aromatic rings. The summed E-state index contributed by atoms with van der Waals surface area (Å²) in [5, 5.41) is 10.8. The summed E-state index contributed by atoms with van der Waals surface area (Å²) < 4.78 is 15.5. The van der Waals surface area contributed by atoms with E-state index in [1.165, 1.54) is 6.07 Å². The molecule has 0 bridgehead atoms. The molecule has 1 unspecified atom stereocenters. The van der Waals surface area contributed by atoms with Crippen molar-refractivity contribution in [3.8, 4) is 5.75 Å². The molecular formula is C15H20ClN3O7. The predicted molar refractivity (Wildman–Crippen MR) is 92.3 cm³/mol. The first-order valence-corrected chi connectivity index (χ1v) is 8.04. The second-order valence-corrected chi connectivity index (χ2v) is 5.65. The number of nitro benzene ring substituents is 1. The molecule has 0 heterocycles. The Bertz CT molecular complexity index is 669. The molecule has 2 amide bonds. The summed E-state index contributed by atoms with van der Waals surface area (Å²) in [4.78, 5) is 31.9. The van der Waals surface area contributed by atoms with E-state index in [9.17, 15) is 19.7 Å². The minimum atomic E-state index is -0.837. The maximum Gasteiger partial charge on any atom is 0.404 e. The lowest BCUT2D eigenvalue weighted by atomic mass is 10.1. The van der Waals surface area contributed by atoms with Crippen molar-refractivity contribution in [2.45, 2.75) is 25.9 Å². The molecule has 1 atom stereocenters. The minimum Gasteiger partial charge on any atom is -0.492 e. The zero-order valence-electron chi connectivity index (χ0n) is 14.1. The van der Waals surface area contributed by atoms with Crippen LogP contribution in [-0.2, 0) is 9.47 Å². The fourth-order valence-corrected chi connectivity index (χ4v) is 2.13. The summed E-state index contributed by atoms with van der Waals surface area (Å²) in [5.41, 5.74) is 9.45. The van der Waals surface area contributed by atoms with Crippen LogP contribution in [0.5, 0.6) is 5.75 Å². The Morgan fingerprint density at radius 3 is 2.54 bits per heavy atom. The summed E-state index contributed by atoms with van der Waals surface area (Å²) in [5.74, 6) is -0.832. The molecule has 0 saturated heterocycles. The first kappa shape index (κ1) is 21.5. The van der Waals surface area contributed by atoms with Crippen LogP contribution >= 0.6 is 11.6 Å². The van der Waals surface area contributed by atoms with E-state index < -0.39 is 22.6 Å². The van der Waals surface area contributed by atoms with E-state index in [-0.39, 0.29) is 35.7 Å². The van der Waals surface area contributed by atoms with Gasteiger partial charge in [-0.3, -0.25) is 14.9 Å². The number of amides is 2. The van der Waals surface area contributed by atoms with Gasteiger partial charge >= 0.3 is 6.09 Å². The quantitative estimate of drug-likeness (QED) is 0.332. The van der Waals surface area contributed by atoms with Crippen LogP contribution in [0, 0.1) is 10.1 Å². The molecule has 4 N–H and O–H groups in total. The lowest BCUT2D eigenvalue weighted by Crippen LogP contribution is -2.17. The maximum atomic E-state index is 11.3. The number of carbonyl (C=O) groups is 2. The Kier molecular flexibility index (Phi) is 8.59. The van der Waals surface area contributed by atoms with Gasteiger partial charge in [0.1, 0.15) is 5.75 Å². The second-order valence-electron chi connectivity index (χ2n) is 5.27. The molecule has 10 nitrogen and oxygen atoms in total. The van der Waals surface area contributed by atoms with Gasteiger partial charge in [0.05, 0.1) is 30.8 Å². The third kappa shape index (κ3) is 7.11. The van der Waals surface area contributed by atoms with E-state index in [0.29, 0.717) is 19.4 Å². The molecule has 0 radical (unpaired) electrons. The SMILES string of the molecule is CC(CCOc1cc(C(N)=O)cc([N+](=O)[O-])c1Cl)OCCCOC(N)=O. The monoisotopic (exact) mass is 389 g/mol. The van der Waals surface area contributed by atoms with Gasteiger partial charge in [0, 0.05) is 24.5 Å². The van der Waals surface area contributed by atoms with Crippen molar-refractivity contribution in [1.29, 1.82) is 0 Å². The van der Waals surface area contributed by atoms with E-state index in [0.717, 1.165) is 6.07 Å². The van der Waals surface area contributed by atoms with Gasteiger partial charge in [-0.25, -0.2) is 4.79 Å². The number of halogens is 1. The Morgan fingerprint density at radius 1 is 1.27 bits per heavy atom. The summed E-state index contributed by atoms with van der Waals surface area (Å²) in [6.45, 7) is 2.48. The Hall–Kier alpha value is -2.59. The average molecular weight is 390 g/mol. The smallest absolute Gasteiger partial charge is 0.404 e. The number of hydrogen-bond acceptors (Lipinski definition) is 7. The van der Waals surface area contributed by atoms with Crippen LogP contribution in [0.2, 0.25) is 5.02 Å². The summed E-state index contributed by atoms with van der Waals surface area (Å²) >= 11 is 5.94. The highest BCUT2D eigenvalue weighted by Crippen LogP contribution is 2.35. The van der Waals surface area contributed by atoms with Crippen molar-refractivity contribution >= 4 is 29.3 Å². The number of carbonyl (C=O) groups excluding carboxylic acids is 2. The van der Waals surface area contributed by atoms with Gasteiger partial charge in [-0.15, -0.1) is 0 Å². The van der Waals surface area contributed by atoms with Crippen molar-refractivity contribution in [2.75, 3.05) is 19.8 Å². The number of primary amides is 2. The number of benzene rings is 1. The Labute approximate surface area is 154 Å². The maximum absolute atomic E-state index is 11.3. The molecule has 0 aromatic heterocycles. The van der Waals surface area contributed by atoms with Gasteiger partial charge in [-0.2, -0.15) is 0 Å². The fraction of sp³-hybridized carbons (Fsp3) is 0.467. The van der Waals surface area contributed by atoms with E-state index >= 15 is 0 Å². The van der Waals surface area contributed by atoms with Crippen LogP contribution in [0.15, 0.2) is 12.1 Å². The molecule has 11 heteroatoms. The van der Waals surface area contributed by atoms with Gasteiger partial charge in [-0.05, 0) is 13.0 Å². The Morgan fingerprint density at radius 2 is 1.96 bits per heavy atom. The van der Waals surface area contributed by atoms with Crippen molar-refractivity contribution in [2.24, 2.45) is 11.5 Å². The molecule has 26 heavy (non-hydrogen) atoms. The molecule has 1 rings (SSSR count). The van der Waals surface area contributed by atoms with E-state index in [1.807, 2.05) is 6.92 Å². The molecule has 1 aromatic carbocycles. The molecule has 0 spiro atoms. The lowest BCUT2D eigenvalue weighted by Gasteiger charge is -2.14. The second kappa shape index (κ2) is 10.4. The number of ether oxygens (including phenoxy) is 3. The number of rotatable bonds is 11. The molecular weight excluding hydrogens is 370 g/mol. The van der Waals surface area contributed by atoms with Gasteiger partial charge < -0.3 is 25.7 Å². The van der Waals surface area contributed by atoms with Crippen molar-refractivity contribution in [1.82, 2.24) is 0 Å². The molecule has 0 saturated carbocycles. The van der Waals surface area contributed by atoms with Gasteiger partial charge in [0.25, 0.3) is 5.69 Å². The van der Waals surface area contributed by atoms with Crippen LogP contribution in [-0.4, -0.2) is 42.8 Å². The third-order valence-electron chi connectivity index (χ3n) is 3.22. The van der Waals surface area contributed by atoms with Gasteiger partial charge in [-0.1, -0.05) is 11.6 Å². The van der Waals surface area contributed by atoms with Crippen LogP contribution in [0.3, 0.4) is 0 Å². The first-order chi connectivity index (χ1) is 12.2. The standard InChI is InChI=1S/C15H20ClN3O7/c1-9(24-4-2-5-26-15(18)21)3-6-25-12-8-10(14(17)20)7-11(13(12)16)19(22)23/h7-9H,2-6H2,1H3,(H2,17,20)(H2,18,21). The lowest BCUT2D eigenvalue weighted by molar-refractivity contribution is -0.384. The number of nitrogens with two attached hydrogens (primary N) is 2. The van der Waals surface area contributed by atoms with E-state index in [2.05, 4.69) is 4.74 Å². The van der Waals surface area contributed by atoms with Crippen LogP contribution in [0.25, 0.3) is 0 Å². The first-order valence-electron chi connectivity index (χ1n) is 7.66. The topological polar surface area (TPSA) is 157 Å². The highest BCUT2D eigenvalue weighted by atomic mass is 35.5. The third-order valence-corrected chi connectivity index (χ3v) is 3.60. The fourth-order valence-electron chi connectivity index (χ4n) is 1.90. The summed E-state index contributed by atoms with van der Waals surface area (Å²) in [6.07, 6.45) is -0.0682. The van der Waals surface area contributed by atoms with Gasteiger partial charge in [0.2, 0.25) is 5.91 Å². The van der Waals surface area contributed by atoms with Gasteiger partial charge in [0.15, 0.2) is 5.02 Å². The minimum absolute atomic E-state index is 0.00303. The predicted octanol–water partition coefficient (Wildman–Crippen LogP) is 2.01. The molecule has 0 aliphatic carbocycles. The highest BCUT2D eigenvalue weighted by molar-refractivity contribution is 6.34. The van der Waals surface area contributed by atoms with E-state index in [1.54, 1.807) is 0 Å². The normalized spacial score (nSPS) is 11.6. The van der Waals surface area contributed by atoms with Crippen molar-refractivity contribution in [3.63, 3.8) is 0 Å². The Balaban J connectivity index is 2.52. The van der Waals surface area contributed by atoms with Crippen LogP contribution in [0.1, 0.15) is 30.1 Å². The number of hydrogen-bond donors (Lipinski definition) is 2. The van der Waals surface area contributed by atoms with Crippen molar-refractivity contribution < 1.29 is 28.7 Å². The highest BCUT2D eigenvalue weighted by Gasteiger charge is 2.21. The molecule has 0 aliphatic heterocycles. The zero-order chi connectivity index (χ0) is 19.7. The molecule has 144 valence electrons. The zero-order valence-corrected chi connectivity index (χ0v) is 14.9. The summed E-state index contributed by atoms with van der Waals surface area (Å²) in [6, 6.07) is 2.25. The molecule has 0 aliphatic rings. The largest absolute Gasteiger partial charge is 0.492 e. The van der Waals surface area contributed by atoms with Crippen LogP contribution < -0.4 is 16.2 Å².